The normalized spacial score (nSPS) is 12.0. The number of nitrogens with one attached hydrogen (secondary N) is 2. The van der Waals surface area contributed by atoms with Gasteiger partial charge in [-0.25, -0.2) is 0 Å². The van der Waals surface area contributed by atoms with Gasteiger partial charge in [0.15, 0.2) is 11.5 Å². The van der Waals surface area contributed by atoms with E-state index in [0.717, 1.165) is 26.1 Å². The van der Waals surface area contributed by atoms with Gasteiger partial charge in [-0.05, 0) is 84.4 Å². The largest absolute Gasteiger partial charge is 0.493 e. The number of fused-ring (bicyclic) bond motifs is 2. The predicted molar refractivity (Wildman–Crippen MR) is 191 cm³/mol. The van der Waals surface area contributed by atoms with Crippen molar-refractivity contribution in [1.82, 2.24) is 5.32 Å². The first-order valence-electron chi connectivity index (χ1n) is 15.0. The van der Waals surface area contributed by atoms with Crippen LogP contribution < -0.4 is 25.0 Å². The van der Waals surface area contributed by atoms with E-state index in [1.54, 1.807) is 84.4 Å². The lowest BCUT2D eigenvalue weighted by Crippen LogP contribution is -2.30. The number of rotatable bonds is 10. The van der Waals surface area contributed by atoms with Crippen molar-refractivity contribution in [2.24, 2.45) is 0 Å². The SMILES string of the molecule is COc1ccc(/C=C(\NC(=O)c2ccccc2)C(=O)Nc2ccc(SCC(=O)N3c4ccccc4Sc4ccccc43)cc2)cc1OC. The molecule has 0 bridgehead atoms. The Morgan fingerprint density at radius 2 is 1.38 bits per heavy atom. The molecule has 0 saturated carbocycles. The van der Waals surface area contributed by atoms with Crippen molar-refractivity contribution in [3.63, 3.8) is 0 Å². The summed E-state index contributed by atoms with van der Waals surface area (Å²) in [6.45, 7) is 0. The Labute approximate surface area is 287 Å². The topological polar surface area (TPSA) is 97.0 Å². The van der Waals surface area contributed by atoms with E-state index >= 15 is 0 Å². The Bertz CT molecular complexity index is 1950. The summed E-state index contributed by atoms with van der Waals surface area (Å²) >= 11 is 3.08. The monoisotopic (exact) mass is 673 g/mol. The number of anilines is 3. The first kappa shape index (κ1) is 32.5. The molecule has 0 aliphatic carbocycles. The molecule has 3 amide bonds. The van der Waals surface area contributed by atoms with Gasteiger partial charge in [0.1, 0.15) is 5.70 Å². The lowest BCUT2D eigenvalue weighted by molar-refractivity contribution is -0.115. The van der Waals surface area contributed by atoms with E-state index in [9.17, 15) is 14.4 Å². The third-order valence-electron chi connectivity index (χ3n) is 7.40. The smallest absolute Gasteiger partial charge is 0.272 e. The van der Waals surface area contributed by atoms with Crippen molar-refractivity contribution in [3.05, 3.63) is 138 Å². The zero-order valence-electron chi connectivity index (χ0n) is 26.1. The molecule has 240 valence electrons. The first-order valence-corrected chi connectivity index (χ1v) is 16.8. The van der Waals surface area contributed by atoms with E-state index < -0.39 is 11.8 Å². The zero-order chi connectivity index (χ0) is 33.5. The van der Waals surface area contributed by atoms with Crippen LogP contribution in [0, 0.1) is 0 Å². The van der Waals surface area contributed by atoms with Gasteiger partial charge in [-0.3, -0.25) is 19.3 Å². The number of hydrogen-bond donors (Lipinski definition) is 2. The van der Waals surface area contributed by atoms with Crippen molar-refractivity contribution in [2.75, 3.05) is 30.2 Å². The summed E-state index contributed by atoms with van der Waals surface area (Å²) in [5.74, 6) is 0.286. The maximum absolute atomic E-state index is 13.6. The molecule has 1 heterocycles. The fourth-order valence-electron chi connectivity index (χ4n) is 5.07. The van der Waals surface area contributed by atoms with Crippen LogP contribution in [0.25, 0.3) is 6.08 Å². The number of carbonyl (C=O) groups is 3. The van der Waals surface area contributed by atoms with Crippen LogP contribution in [0.15, 0.2) is 142 Å². The van der Waals surface area contributed by atoms with E-state index in [1.807, 2.05) is 66.7 Å². The Morgan fingerprint density at radius 1 is 0.750 bits per heavy atom. The van der Waals surface area contributed by atoms with Gasteiger partial charge >= 0.3 is 0 Å². The molecule has 0 spiro atoms. The van der Waals surface area contributed by atoms with Gasteiger partial charge in [0, 0.05) is 25.9 Å². The van der Waals surface area contributed by atoms with Gasteiger partial charge in [0.25, 0.3) is 11.8 Å². The lowest BCUT2D eigenvalue weighted by atomic mass is 10.1. The van der Waals surface area contributed by atoms with Crippen LogP contribution in [-0.2, 0) is 9.59 Å². The van der Waals surface area contributed by atoms with Crippen LogP contribution in [-0.4, -0.2) is 37.7 Å². The summed E-state index contributed by atoms with van der Waals surface area (Å²) in [5.41, 5.74) is 3.36. The molecule has 8 nitrogen and oxygen atoms in total. The fraction of sp³-hybridized carbons (Fsp3) is 0.0789. The maximum atomic E-state index is 13.6. The lowest BCUT2D eigenvalue weighted by Gasteiger charge is -2.31. The van der Waals surface area contributed by atoms with Crippen molar-refractivity contribution < 1.29 is 23.9 Å². The Kier molecular flexibility index (Phi) is 10.1. The van der Waals surface area contributed by atoms with Crippen LogP contribution in [0.5, 0.6) is 11.5 Å². The standard InChI is InChI=1S/C38H31N3O5S2/c1-45-32-21-16-25(23-33(32)46-2)22-29(40-37(43)26-10-4-3-5-11-26)38(44)39-27-17-19-28(20-18-27)47-24-36(42)41-30-12-6-8-14-34(30)48-35-15-9-7-13-31(35)41/h3-23H,24H2,1-2H3,(H,39,44)(H,40,43)/b29-22-. The molecule has 5 aromatic rings. The minimum atomic E-state index is -0.509. The minimum absolute atomic E-state index is 0.0309. The Morgan fingerprint density at radius 3 is 2.02 bits per heavy atom. The van der Waals surface area contributed by atoms with Crippen molar-refractivity contribution in [2.45, 2.75) is 14.7 Å². The molecule has 1 aliphatic heterocycles. The van der Waals surface area contributed by atoms with Gasteiger partial charge in [0.05, 0.1) is 31.3 Å². The second kappa shape index (κ2) is 15.0. The fourth-order valence-corrected chi connectivity index (χ4v) is 6.87. The van der Waals surface area contributed by atoms with E-state index in [0.29, 0.717) is 28.3 Å². The molecule has 2 N–H and O–H groups in total. The average molecular weight is 674 g/mol. The van der Waals surface area contributed by atoms with Gasteiger partial charge in [-0.1, -0.05) is 60.3 Å². The highest BCUT2D eigenvalue weighted by molar-refractivity contribution is 8.00. The van der Waals surface area contributed by atoms with Gasteiger partial charge in [-0.2, -0.15) is 0 Å². The number of amides is 3. The summed E-state index contributed by atoms with van der Waals surface area (Å²) in [6, 6.07) is 36.9. The molecule has 0 aromatic heterocycles. The summed E-state index contributed by atoms with van der Waals surface area (Å²) in [7, 11) is 3.07. The number of nitrogens with zero attached hydrogens (tertiary/aromatic N) is 1. The van der Waals surface area contributed by atoms with Crippen molar-refractivity contribution in [3.8, 4) is 11.5 Å². The quantitative estimate of drug-likeness (QED) is 0.114. The summed E-state index contributed by atoms with van der Waals surface area (Å²) in [5, 5.41) is 5.62. The Hall–Kier alpha value is -5.45. The molecular formula is C38H31N3O5S2. The van der Waals surface area contributed by atoms with E-state index in [2.05, 4.69) is 10.6 Å². The maximum Gasteiger partial charge on any atom is 0.272 e. The Balaban J connectivity index is 1.16. The van der Waals surface area contributed by atoms with Crippen molar-refractivity contribution >= 4 is 64.4 Å². The van der Waals surface area contributed by atoms with E-state index in [1.165, 1.54) is 18.9 Å². The summed E-state index contributed by atoms with van der Waals surface area (Å²) in [6.07, 6.45) is 1.57. The number of ether oxygens (including phenoxy) is 2. The van der Waals surface area contributed by atoms with Gasteiger partial charge in [-0.15, -0.1) is 11.8 Å². The zero-order valence-corrected chi connectivity index (χ0v) is 27.8. The number of hydrogen-bond acceptors (Lipinski definition) is 7. The second-order valence-electron chi connectivity index (χ2n) is 10.5. The number of carbonyl (C=O) groups excluding carboxylic acids is 3. The molecule has 6 rings (SSSR count). The van der Waals surface area contributed by atoms with Crippen molar-refractivity contribution in [1.29, 1.82) is 0 Å². The third-order valence-corrected chi connectivity index (χ3v) is 9.53. The highest BCUT2D eigenvalue weighted by atomic mass is 32.2. The van der Waals surface area contributed by atoms with Crippen LogP contribution >= 0.6 is 23.5 Å². The molecule has 5 aromatic carbocycles. The van der Waals surface area contributed by atoms with Crippen LogP contribution in [0.3, 0.4) is 0 Å². The molecular weight excluding hydrogens is 643 g/mol. The number of methoxy groups -OCH3 is 2. The van der Waals surface area contributed by atoms with Crippen LogP contribution in [0.2, 0.25) is 0 Å². The summed E-state index contributed by atoms with van der Waals surface area (Å²) in [4.78, 5) is 44.9. The minimum Gasteiger partial charge on any atom is -0.493 e. The molecule has 48 heavy (non-hydrogen) atoms. The molecule has 1 aliphatic rings. The van der Waals surface area contributed by atoms with Gasteiger partial charge in [0.2, 0.25) is 5.91 Å². The average Bonchev–Trinajstić information content (AvgIpc) is 3.13. The highest BCUT2D eigenvalue weighted by Gasteiger charge is 2.27. The molecule has 0 saturated heterocycles. The van der Waals surface area contributed by atoms with Crippen LogP contribution in [0.4, 0.5) is 17.1 Å². The molecule has 10 heteroatoms. The molecule has 0 unspecified atom stereocenters. The predicted octanol–water partition coefficient (Wildman–Crippen LogP) is 8.04. The first-order chi connectivity index (χ1) is 23.4. The number of thioether (sulfide) groups is 1. The summed E-state index contributed by atoms with van der Waals surface area (Å²) < 4.78 is 10.7. The van der Waals surface area contributed by atoms with Gasteiger partial charge < -0.3 is 20.1 Å². The molecule has 0 atom stereocenters. The number of para-hydroxylation sites is 2. The second-order valence-corrected chi connectivity index (χ2v) is 12.7. The third kappa shape index (κ3) is 7.41. The van der Waals surface area contributed by atoms with E-state index in [4.69, 9.17) is 9.47 Å². The number of benzene rings is 5. The molecule has 0 fully saturated rings. The van der Waals surface area contributed by atoms with Crippen LogP contribution in [0.1, 0.15) is 15.9 Å². The molecule has 0 radical (unpaired) electrons. The van der Waals surface area contributed by atoms with E-state index in [-0.39, 0.29) is 17.4 Å². The highest BCUT2D eigenvalue weighted by Crippen LogP contribution is 2.48.